The first-order valence-electron chi connectivity index (χ1n) is 4.43. The maximum Gasteiger partial charge on any atom is 0.0961 e. The van der Waals surface area contributed by atoms with Crippen LogP contribution in [0.3, 0.4) is 0 Å². The van der Waals surface area contributed by atoms with E-state index in [1.807, 2.05) is 36.5 Å². The molecular weight excluding hydrogens is 320 g/mol. The molecular formula is C11H8Br2N2. The van der Waals surface area contributed by atoms with Crippen LogP contribution >= 0.6 is 31.9 Å². The fraction of sp³-hybridized carbons (Fsp3) is 0.0909. The molecule has 0 aromatic carbocycles. The molecule has 0 unspecified atom stereocenters. The summed E-state index contributed by atoms with van der Waals surface area (Å²) in [6.45, 7) is 0. The lowest BCUT2D eigenvalue weighted by Gasteiger charge is -2.03. The van der Waals surface area contributed by atoms with Crippen LogP contribution in [0.15, 0.2) is 42.7 Å². The van der Waals surface area contributed by atoms with Crippen LogP contribution in [-0.4, -0.2) is 9.97 Å². The average Bonchev–Trinajstić information content (AvgIpc) is 2.30. The van der Waals surface area contributed by atoms with Crippen LogP contribution in [0.4, 0.5) is 0 Å². The minimum atomic E-state index is 0.148. The monoisotopic (exact) mass is 326 g/mol. The molecule has 0 spiro atoms. The first kappa shape index (κ1) is 10.8. The van der Waals surface area contributed by atoms with Crippen molar-refractivity contribution in [3.8, 4) is 11.4 Å². The van der Waals surface area contributed by atoms with Crippen molar-refractivity contribution >= 4 is 31.9 Å². The van der Waals surface area contributed by atoms with Gasteiger partial charge < -0.3 is 0 Å². The molecule has 0 aliphatic heterocycles. The third-order valence-corrected chi connectivity index (χ3v) is 3.02. The van der Waals surface area contributed by atoms with Crippen LogP contribution in [0, 0.1) is 0 Å². The Balaban J connectivity index is 2.32. The number of hydrogen-bond acceptors (Lipinski definition) is 2. The van der Waals surface area contributed by atoms with Crippen molar-refractivity contribution in [2.75, 3.05) is 0 Å². The van der Waals surface area contributed by atoms with E-state index in [0.717, 1.165) is 17.0 Å². The van der Waals surface area contributed by atoms with Gasteiger partial charge >= 0.3 is 0 Å². The lowest BCUT2D eigenvalue weighted by molar-refractivity contribution is 1.21. The van der Waals surface area contributed by atoms with Gasteiger partial charge in [0.2, 0.25) is 0 Å². The quantitative estimate of drug-likeness (QED) is 0.781. The van der Waals surface area contributed by atoms with E-state index >= 15 is 0 Å². The number of rotatable bonds is 2. The van der Waals surface area contributed by atoms with Crippen LogP contribution in [0.2, 0.25) is 0 Å². The van der Waals surface area contributed by atoms with E-state index in [1.54, 1.807) is 6.20 Å². The molecule has 0 fully saturated rings. The second kappa shape index (κ2) is 4.86. The van der Waals surface area contributed by atoms with E-state index in [4.69, 9.17) is 0 Å². The van der Waals surface area contributed by atoms with Gasteiger partial charge in [0.05, 0.1) is 15.1 Å². The maximum absolute atomic E-state index is 4.35. The zero-order valence-corrected chi connectivity index (χ0v) is 10.9. The molecule has 2 aromatic rings. The fourth-order valence-corrected chi connectivity index (χ4v) is 1.74. The molecule has 0 bridgehead atoms. The summed E-state index contributed by atoms with van der Waals surface area (Å²) in [6.07, 6.45) is 3.60. The van der Waals surface area contributed by atoms with Crippen LogP contribution in [0.25, 0.3) is 11.4 Å². The Bertz CT molecular complexity index is 426. The minimum absolute atomic E-state index is 0.148. The molecule has 76 valence electrons. The number of aromatic nitrogens is 2. The molecule has 0 aliphatic rings. The fourth-order valence-electron chi connectivity index (χ4n) is 1.20. The van der Waals surface area contributed by atoms with Gasteiger partial charge in [0, 0.05) is 12.4 Å². The third kappa shape index (κ3) is 2.63. The largest absolute Gasteiger partial charge is 0.255 e. The molecule has 15 heavy (non-hydrogen) atoms. The highest BCUT2D eigenvalue weighted by Gasteiger charge is 2.04. The van der Waals surface area contributed by atoms with E-state index in [0.29, 0.717) is 0 Å². The second-order valence-electron chi connectivity index (χ2n) is 2.99. The number of nitrogens with zero attached hydrogens (tertiary/aromatic N) is 2. The van der Waals surface area contributed by atoms with E-state index < -0.39 is 0 Å². The van der Waals surface area contributed by atoms with Gasteiger partial charge in [0.1, 0.15) is 0 Å². The van der Waals surface area contributed by atoms with E-state index in [-0.39, 0.29) is 3.74 Å². The van der Waals surface area contributed by atoms with E-state index in [1.165, 1.54) is 0 Å². The standard InChI is InChI=1S/C11H8Br2N2/c12-11(13)8-4-5-10(15-7-8)9-3-1-2-6-14-9/h1-7,11H. The summed E-state index contributed by atoms with van der Waals surface area (Å²) in [5, 5.41) is 0. The van der Waals surface area contributed by atoms with Crippen LogP contribution in [-0.2, 0) is 0 Å². The van der Waals surface area contributed by atoms with Gasteiger partial charge in [-0.1, -0.05) is 44.0 Å². The number of pyridine rings is 2. The molecule has 2 rings (SSSR count). The molecule has 4 heteroatoms. The molecule has 0 saturated heterocycles. The normalized spacial score (nSPS) is 10.6. The minimum Gasteiger partial charge on any atom is -0.255 e. The van der Waals surface area contributed by atoms with Gasteiger partial charge in [0.15, 0.2) is 0 Å². The summed E-state index contributed by atoms with van der Waals surface area (Å²) in [5.74, 6) is 0. The first-order valence-corrected chi connectivity index (χ1v) is 6.26. The van der Waals surface area contributed by atoms with Gasteiger partial charge in [-0.2, -0.15) is 0 Å². The summed E-state index contributed by atoms with van der Waals surface area (Å²) < 4.78 is 0.148. The zero-order valence-electron chi connectivity index (χ0n) is 7.77. The Morgan fingerprint density at radius 2 is 1.73 bits per heavy atom. The van der Waals surface area contributed by atoms with Crippen LogP contribution in [0.1, 0.15) is 9.30 Å². The third-order valence-electron chi connectivity index (χ3n) is 1.97. The molecule has 0 aliphatic carbocycles. The average molecular weight is 328 g/mol. The van der Waals surface area contributed by atoms with E-state index in [9.17, 15) is 0 Å². The van der Waals surface area contributed by atoms with Crippen molar-refractivity contribution in [2.45, 2.75) is 3.74 Å². The Morgan fingerprint density at radius 3 is 2.27 bits per heavy atom. The van der Waals surface area contributed by atoms with Crippen molar-refractivity contribution in [3.63, 3.8) is 0 Å². The Morgan fingerprint density at radius 1 is 0.933 bits per heavy atom. The summed E-state index contributed by atoms with van der Waals surface area (Å²) in [7, 11) is 0. The predicted octanol–water partition coefficient (Wildman–Crippen LogP) is 3.93. The number of hydrogen-bond donors (Lipinski definition) is 0. The number of alkyl halides is 2. The molecule has 0 N–H and O–H groups in total. The molecule has 2 aromatic heterocycles. The van der Waals surface area contributed by atoms with Crippen molar-refractivity contribution in [1.82, 2.24) is 9.97 Å². The zero-order chi connectivity index (χ0) is 10.7. The lowest BCUT2D eigenvalue weighted by atomic mass is 10.2. The number of halogens is 2. The van der Waals surface area contributed by atoms with Gasteiger partial charge in [-0.15, -0.1) is 0 Å². The predicted molar refractivity (Wildman–Crippen MR) is 68.1 cm³/mol. The summed E-state index contributed by atoms with van der Waals surface area (Å²) >= 11 is 6.85. The Kier molecular flexibility index (Phi) is 3.49. The van der Waals surface area contributed by atoms with Crippen molar-refractivity contribution in [1.29, 1.82) is 0 Å². The summed E-state index contributed by atoms with van der Waals surface area (Å²) in [6, 6.07) is 9.78. The van der Waals surface area contributed by atoms with Crippen molar-refractivity contribution in [2.24, 2.45) is 0 Å². The summed E-state index contributed by atoms with van der Waals surface area (Å²) in [5.41, 5.74) is 2.87. The van der Waals surface area contributed by atoms with Crippen LogP contribution in [0.5, 0.6) is 0 Å². The molecule has 2 nitrogen and oxygen atoms in total. The molecule has 0 radical (unpaired) electrons. The molecule has 0 amide bonds. The second-order valence-corrected chi connectivity index (χ2v) is 6.05. The van der Waals surface area contributed by atoms with Gasteiger partial charge in [-0.3, -0.25) is 9.97 Å². The Labute approximate surface area is 105 Å². The SMILES string of the molecule is BrC(Br)c1ccc(-c2ccccn2)nc1. The first-order chi connectivity index (χ1) is 7.27. The maximum atomic E-state index is 4.35. The van der Waals surface area contributed by atoms with Gasteiger partial charge in [-0.25, -0.2) is 0 Å². The topological polar surface area (TPSA) is 25.8 Å². The van der Waals surface area contributed by atoms with Crippen LogP contribution < -0.4 is 0 Å². The van der Waals surface area contributed by atoms with Gasteiger partial charge in [-0.05, 0) is 23.8 Å². The smallest absolute Gasteiger partial charge is 0.0961 e. The van der Waals surface area contributed by atoms with E-state index in [2.05, 4.69) is 41.8 Å². The highest BCUT2D eigenvalue weighted by Crippen LogP contribution is 2.29. The highest BCUT2D eigenvalue weighted by atomic mass is 79.9. The Hall–Kier alpha value is -0.740. The van der Waals surface area contributed by atoms with Gasteiger partial charge in [0.25, 0.3) is 0 Å². The van der Waals surface area contributed by atoms with Crippen molar-refractivity contribution < 1.29 is 0 Å². The molecule has 0 atom stereocenters. The highest BCUT2D eigenvalue weighted by molar-refractivity contribution is 9.24. The molecule has 2 heterocycles. The van der Waals surface area contributed by atoms with Crippen molar-refractivity contribution in [3.05, 3.63) is 48.3 Å². The lowest BCUT2D eigenvalue weighted by Crippen LogP contribution is -1.88. The summed E-state index contributed by atoms with van der Waals surface area (Å²) in [4.78, 5) is 8.59. The molecule has 0 saturated carbocycles.